The van der Waals surface area contributed by atoms with Crippen molar-refractivity contribution >= 4 is 5.91 Å². The van der Waals surface area contributed by atoms with E-state index in [0.29, 0.717) is 19.6 Å². The van der Waals surface area contributed by atoms with E-state index in [2.05, 4.69) is 17.1 Å². The lowest BCUT2D eigenvalue weighted by Gasteiger charge is -2.30. The van der Waals surface area contributed by atoms with Gasteiger partial charge in [0.25, 0.3) is 0 Å². The minimum Gasteiger partial charge on any atom is -0.486 e. The molecule has 2 aliphatic rings. The van der Waals surface area contributed by atoms with Gasteiger partial charge in [-0.3, -0.25) is 4.79 Å². The molecule has 3 rings (SSSR count). The molecule has 0 radical (unpaired) electrons. The second-order valence-corrected chi connectivity index (χ2v) is 6.69. The number of piperidine rings is 1. The molecule has 1 atom stereocenters. The fourth-order valence-electron chi connectivity index (χ4n) is 3.39. The molecule has 5 heteroatoms. The van der Waals surface area contributed by atoms with Gasteiger partial charge in [-0.15, -0.1) is 0 Å². The molecule has 0 unspecified atom stereocenters. The molecule has 1 N–H and O–H groups in total. The number of ether oxygens (including phenoxy) is 2. The van der Waals surface area contributed by atoms with Crippen LogP contribution < -0.4 is 14.8 Å². The molecule has 1 fully saturated rings. The Morgan fingerprint density at radius 1 is 1.17 bits per heavy atom. The molecule has 1 amide bonds. The molecule has 132 valence electrons. The number of benzene rings is 1. The van der Waals surface area contributed by atoms with Gasteiger partial charge < -0.3 is 19.7 Å². The molecule has 2 aliphatic heterocycles. The Kier molecular flexibility index (Phi) is 5.96. The first-order chi connectivity index (χ1) is 11.7. The Labute approximate surface area is 144 Å². The van der Waals surface area contributed by atoms with Crippen LogP contribution in [0.25, 0.3) is 0 Å². The van der Waals surface area contributed by atoms with Gasteiger partial charge in [0, 0.05) is 12.6 Å². The monoisotopic (exact) mass is 332 g/mol. The van der Waals surface area contributed by atoms with E-state index in [9.17, 15) is 4.79 Å². The lowest BCUT2D eigenvalue weighted by molar-refractivity contribution is -0.121. The molecule has 1 aromatic rings. The number of amides is 1. The molecule has 1 saturated heterocycles. The minimum atomic E-state index is 0.0792. The van der Waals surface area contributed by atoms with Gasteiger partial charge in [-0.1, -0.05) is 19.4 Å². The Hall–Kier alpha value is -1.75. The van der Waals surface area contributed by atoms with Crippen LogP contribution in [0.2, 0.25) is 0 Å². The van der Waals surface area contributed by atoms with Crippen LogP contribution in [-0.4, -0.2) is 49.7 Å². The van der Waals surface area contributed by atoms with Gasteiger partial charge >= 0.3 is 0 Å². The van der Waals surface area contributed by atoms with Crippen LogP contribution in [0.3, 0.4) is 0 Å². The van der Waals surface area contributed by atoms with Crippen LogP contribution in [0.4, 0.5) is 0 Å². The standard InChI is InChI=1S/C19H28N2O3/c1-2-16(14-21-8-4-3-5-9-21)20-19(22)13-15-6-7-17-18(12-15)24-11-10-23-17/h6-7,12,16H,2-5,8-11,13-14H2,1H3,(H,20,22)/t16-/m1/s1. The summed E-state index contributed by atoms with van der Waals surface area (Å²) < 4.78 is 11.1. The average molecular weight is 332 g/mol. The largest absolute Gasteiger partial charge is 0.486 e. The highest BCUT2D eigenvalue weighted by Gasteiger charge is 2.18. The number of carbonyl (C=O) groups is 1. The van der Waals surface area contributed by atoms with Crippen molar-refractivity contribution in [1.82, 2.24) is 10.2 Å². The first-order valence-electron chi connectivity index (χ1n) is 9.15. The molecule has 2 heterocycles. The lowest BCUT2D eigenvalue weighted by Crippen LogP contribution is -2.45. The smallest absolute Gasteiger partial charge is 0.224 e. The minimum absolute atomic E-state index is 0.0792. The molecule has 0 bridgehead atoms. The first kappa shape index (κ1) is 17.1. The van der Waals surface area contributed by atoms with Crippen molar-refractivity contribution < 1.29 is 14.3 Å². The van der Waals surface area contributed by atoms with Gasteiger partial charge in [-0.05, 0) is 50.0 Å². The zero-order chi connectivity index (χ0) is 16.8. The summed E-state index contributed by atoms with van der Waals surface area (Å²) in [4.78, 5) is 14.9. The maximum atomic E-state index is 12.4. The highest BCUT2D eigenvalue weighted by molar-refractivity contribution is 5.79. The van der Waals surface area contributed by atoms with E-state index in [1.54, 1.807) is 0 Å². The summed E-state index contributed by atoms with van der Waals surface area (Å²) in [5, 5.41) is 3.19. The number of hydrogen-bond acceptors (Lipinski definition) is 4. The van der Waals surface area contributed by atoms with E-state index < -0.39 is 0 Å². The molecular weight excluding hydrogens is 304 g/mol. The number of nitrogens with zero attached hydrogens (tertiary/aromatic N) is 1. The molecule has 5 nitrogen and oxygen atoms in total. The summed E-state index contributed by atoms with van der Waals surface area (Å²) in [7, 11) is 0. The van der Waals surface area contributed by atoms with E-state index in [4.69, 9.17) is 9.47 Å². The summed E-state index contributed by atoms with van der Waals surface area (Å²) in [5.74, 6) is 1.59. The number of hydrogen-bond donors (Lipinski definition) is 1. The summed E-state index contributed by atoms with van der Waals surface area (Å²) in [6, 6.07) is 5.98. The Bertz CT molecular complexity index is 556. The zero-order valence-electron chi connectivity index (χ0n) is 14.6. The van der Waals surface area contributed by atoms with Gasteiger partial charge in [0.15, 0.2) is 11.5 Å². The third-order valence-corrected chi connectivity index (χ3v) is 4.76. The van der Waals surface area contributed by atoms with Crippen LogP contribution in [0, 0.1) is 0 Å². The fraction of sp³-hybridized carbons (Fsp3) is 0.632. The SMILES string of the molecule is CC[C@H](CN1CCCCC1)NC(=O)Cc1ccc2c(c1)OCCO2. The summed E-state index contributed by atoms with van der Waals surface area (Å²) in [6.07, 6.45) is 5.24. The van der Waals surface area contributed by atoms with Crippen LogP contribution in [0.15, 0.2) is 18.2 Å². The van der Waals surface area contributed by atoms with Crippen molar-refractivity contribution in [2.24, 2.45) is 0 Å². The van der Waals surface area contributed by atoms with Crippen LogP contribution in [-0.2, 0) is 11.2 Å². The molecule has 0 saturated carbocycles. The maximum Gasteiger partial charge on any atom is 0.224 e. The van der Waals surface area contributed by atoms with E-state index in [0.717, 1.165) is 43.1 Å². The summed E-state index contributed by atoms with van der Waals surface area (Å²) in [6.45, 7) is 6.57. The molecule has 0 aromatic heterocycles. The normalized spacial score (nSPS) is 18.9. The quantitative estimate of drug-likeness (QED) is 0.869. The van der Waals surface area contributed by atoms with E-state index >= 15 is 0 Å². The second-order valence-electron chi connectivity index (χ2n) is 6.69. The van der Waals surface area contributed by atoms with Crippen LogP contribution >= 0.6 is 0 Å². The predicted molar refractivity (Wildman–Crippen MR) is 93.6 cm³/mol. The Morgan fingerprint density at radius 3 is 2.67 bits per heavy atom. The van der Waals surface area contributed by atoms with Gasteiger partial charge in [0.1, 0.15) is 13.2 Å². The van der Waals surface area contributed by atoms with Crippen LogP contribution in [0.1, 0.15) is 38.2 Å². The number of rotatable bonds is 6. The summed E-state index contributed by atoms with van der Waals surface area (Å²) >= 11 is 0. The van der Waals surface area contributed by atoms with Gasteiger partial charge in [-0.2, -0.15) is 0 Å². The third-order valence-electron chi connectivity index (χ3n) is 4.76. The van der Waals surface area contributed by atoms with Gasteiger partial charge in [0.2, 0.25) is 5.91 Å². The summed E-state index contributed by atoms with van der Waals surface area (Å²) in [5.41, 5.74) is 0.963. The molecule has 0 aliphatic carbocycles. The van der Waals surface area contributed by atoms with E-state index in [-0.39, 0.29) is 11.9 Å². The molecular formula is C19H28N2O3. The zero-order valence-corrected chi connectivity index (χ0v) is 14.6. The fourth-order valence-corrected chi connectivity index (χ4v) is 3.39. The second kappa shape index (κ2) is 8.38. The number of carbonyl (C=O) groups excluding carboxylic acids is 1. The number of likely N-dealkylation sites (tertiary alicyclic amines) is 1. The highest BCUT2D eigenvalue weighted by atomic mass is 16.6. The average Bonchev–Trinajstić information content (AvgIpc) is 2.62. The highest BCUT2D eigenvalue weighted by Crippen LogP contribution is 2.30. The molecule has 0 spiro atoms. The molecule has 1 aromatic carbocycles. The van der Waals surface area contributed by atoms with Crippen molar-refractivity contribution in [2.45, 2.75) is 45.1 Å². The Balaban J connectivity index is 1.52. The van der Waals surface area contributed by atoms with Crippen molar-refractivity contribution in [3.05, 3.63) is 23.8 Å². The predicted octanol–water partition coefficient (Wildman–Crippen LogP) is 2.38. The lowest BCUT2D eigenvalue weighted by atomic mass is 10.1. The van der Waals surface area contributed by atoms with Gasteiger partial charge in [0.05, 0.1) is 6.42 Å². The van der Waals surface area contributed by atoms with Crippen molar-refractivity contribution in [2.75, 3.05) is 32.8 Å². The van der Waals surface area contributed by atoms with E-state index in [1.165, 1.54) is 19.3 Å². The number of nitrogens with one attached hydrogen (secondary N) is 1. The van der Waals surface area contributed by atoms with Crippen molar-refractivity contribution in [1.29, 1.82) is 0 Å². The van der Waals surface area contributed by atoms with Crippen molar-refractivity contribution in [3.63, 3.8) is 0 Å². The first-order valence-corrected chi connectivity index (χ1v) is 9.15. The van der Waals surface area contributed by atoms with Crippen molar-refractivity contribution in [3.8, 4) is 11.5 Å². The van der Waals surface area contributed by atoms with Crippen LogP contribution in [0.5, 0.6) is 11.5 Å². The number of fused-ring (bicyclic) bond motifs is 1. The Morgan fingerprint density at radius 2 is 1.92 bits per heavy atom. The molecule has 24 heavy (non-hydrogen) atoms. The maximum absolute atomic E-state index is 12.4. The van der Waals surface area contributed by atoms with E-state index in [1.807, 2.05) is 18.2 Å². The topological polar surface area (TPSA) is 50.8 Å². The third kappa shape index (κ3) is 4.63. The van der Waals surface area contributed by atoms with Gasteiger partial charge in [-0.25, -0.2) is 0 Å².